The SMILES string of the molecule is CC(C)CC1NC(C)C(CC(C)C)NC(=O)CNC(=O)C(Cc2ccccc2)NC(=O)C(Cc2c[nH]c3ccccc23)NC(=O)C(CCC(N)=O)NC1=O. The second kappa shape index (κ2) is 19.7. The minimum atomic E-state index is -1.22. The Balaban J connectivity index is 1.75. The molecule has 292 valence electrons. The molecule has 1 fully saturated rings. The molecule has 2 heterocycles. The van der Waals surface area contributed by atoms with Crippen LogP contribution in [-0.2, 0) is 41.6 Å². The fourth-order valence-corrected chi connectivity index (χ4v) is 6.76. The fourth-order valence-electron chi connectivity index (χ4n) is 6.76. The number of amides is 6. The summed E-state index contributed by atoms with van der Waals surface area (Å²) in [5, 5.41) is 18.4. The third-order valence-corrected chi connectivity index (χ3v) is 9.55. The predicted molar refractivity (Wildman–Crippen MR) is 207 cm³/mol. The number of nitrogens with one attached hydrogen (secondary N) is 7. The first-order chi connectivity index (χ1) is 25.7. The molecule has 6 unspecified atom stereocenters. The molecular formula is C40H56N8O6. The highest BCUT2D eigenvalue weighted by Crippen LogP contribution is 2.20. The average molecular weight is 745 g/mol. The van der Waals surface area contributed by atoms with Crippen LogP contribution in [0.1, 0.15) is 71.4 Å². The van der Waals surface area contributed by atoms with E-state index >= 15 is 0 Å². The number of hydrogen-bond donors (Lipinski definition) is 8. The van der Waals surface area contributed by atoms with Gasteiger partial charge >= 0.3 is 0 Å². The number of aromatic nitrogens is 1. The summed E-state index contributed by atoms with van der Waals surface area (Å²) in [4.78, 5) is 84.6. The lowest BCUT2D eigenvalue weighted by Gasteiger charge is -2.32. The Morgan fingerprint density at radius 2 is 1.31 bits per heavy atom. The van der Waals surface area contributed by atoms with Crippen molar-refractivity contribution < 1.29 is 28.8 Å². The van der Waals surface area contributed by atoms with Crippen LogP contribution in [0.15, 0.2) is 60.8 Å². The largest absolute Gasteiger partial charge is 0.370 e. The van der Waals surface area contributed by atoms with Crippen molar-refractivity contribution in [2.24, 2.45) is 17.6 Å². The van der Waals surface area contributed by atoms with Gasteiger partial charge in [-0.25, -0.2) is 0 Å². The first-order valence-corrected chi connectivity index (χ1v) is 18.8. The number of carbonyl (C=O) groups is 6. The predicted octanol–water partition coefficient (Wildman–Crippen LogP) is 1.73. The monoisotopic (exact) mass is 744 g/mol. The summed E-state index contributed by atoms with van der Waals surface area (Å²) in [6, 6.07) is 11.6. The van der Waals surface area contributed by atoms with E-state index in [2.05, 4.69) is 36.9 Å². The van der Waals surface area contributed by atoms with Crippen molar-refractivity contribution in [1.29, 1.82) is 0 Å². The molecule has 14 nitrogen and oxygen atoms in total. The summed E-state index contributed by atoms with van der Waals surface area (Å²) >= 11 is 0. The van der Waals surface area contributed by atoms with Crippen LogP contribution in [0.3, 0.4) is 0 Å². The summed E-state index contributed by atoms with van der Waals surface area (Å²) < 4.78 is 0. The minimum absolute atomic E-state index is 0.0342. The van der Waals surface area contributed by atoms with Gasteiger partial charge in [0.2, 0.25) is 35.4 Å². The molecule has 3 aromatic rings. The molecule has 1 aliphatic rings. The normalized spacial score (nSPS) is 23.9. The number of hydrogen-bond acceptors (Lipinski definition) is 7. The van der Waals surface area contributed by atoms with Gasteiger partial charge in [0.25, 0.3) is 0 Å². The van der Waals surface area contributed by atoms with Crippen LogP contribution in [0.2, 0.25) is 0 Å². The van der Waals surface area contributed by atoms with Gasteiger partial charge in [0, 0.05) is 48.4 Å². The third kappa shape index (κ3) is 12.4. The second-order valence-corrected chi connectivity index (χ2v) is 15.1. The van der Waals surface area contributed by atoms with E-state index in [1.165, 1.54) is 0 Å². The van der Waals surface area contributed by atoms with Crippen molar-refractivity contribution in [3.63, 3.8) is 0 Å². The Bertz CT molecular complexity index is 1760. The topological polar surface area (TPSA) is 216 Å². The maximum atomic E-state index is 14.3. The maximum Gasteiger partial charge on any atom is 0.243 e. The van der Waals surface area contributed by atoms with E-state index in [1.54, 1.807) is 6.20 Å². The lowest BCUT2D eigenvalue weighted by atomic mass is 9.95. The Morgan fingerprint density at radius 1 is 0.722 bits per heavy atom. The molecule has 1 aromatic heterocycles. The van der Waals surface area contributed by atoms with Crippen LogP contribution in [0.25, 0.3) is 10.9 Å². The van der Waals surface area contributed by atoms with Crippen LogP contribution >= 0.6 is 0 Å². The lowest BCUT2D eigenvalue weighted by molar-refractivity contribution is -0.134. The molecule has 0 spiro atoms. The van der Waals surface area contributed by atoms with E-state index < -0.39 is 65.7 Å². The molecule has 0 bridgehead atoms. The standard InChI is InChI=1S/C40H56N8O6/c1-23(2)17-31-25(5)44-32(18-24(3)4)39(53)46-30(15-16-35(41)49)38(52)48-34(20-27-21-42-29-14-10-9-13-28(27)29)40(54)47-33(19-26-11-7-6-8-12-26)37(51)43-22-36(50)45-31/h6-14,21,23-25,30-34,42,44H,15-20,22H2,1-5H3,(H2,41,49)(H,43,51)(H,45,50)(H,46,53)(H,47,54)(H,48,52). The summed E-state index contributed by atoms with van der Waals surface area (Å²) in [6.45, 7) is 9.52. The quantitative estimate of drug-likeness (QED) is 0.145. The zero-order chi connectivity index (χ0) is 39.4. The highest BCUT2D eigenvalue weighted by Gasteiger charge is 2.34. The van der Waals surface area contributed by atoms with Crippen molar-refractivity contribution in [3.05, 3.63) is 71.9 Å². The minimum Gasteiger partial charge on any atom is -0.370 e. The number of nitrogens with two attached hydrogens (primary N) is 1. The van der Waals surface area contributed by atoms with E-state index in [9.17, 15) is 28.8 Å². The van der Waals surface area contributed by atoms with E-state index in [1.807, 2.05) is 89.2 Å². The van der Waals surface area contributed by atoms with Crippen LogP contribution < -0.4 is 37.6 Å². The summed E-state index contributed by atoms with van der Waals surface area (Å²) in [6.07, 6.45) is 2.59. The van der Waals surface area contributed by atoms with Gasteiger partial charge < -0.3 is 42.6 Å². The van der Waals surface area contributed by atoms with Crippen molar-refractivity contribution in [2.75, 3.05) is 6.54 Å². The fraction of sp³-hybridized carbons (Fsp3) is 0.500. The first-order valence-electron chi connectivity index (χ1n) is 18.8. The van der Waals surface area contributed by atoms with Gasteiger partial charge in [-0.3, -0.25) is 28.8 Å². The molecule has 6 atom stereocenters. The van der Waals surface area contributed by atoms with Gasteiger partial charge in [-0.2, -0.15) is 0 Å². The van der Waals surface area contributed by atoms with Gasteiger partial charge in [0.15, 0.2) is 0 Å². The van der Waals surface area contributed by atoms with Gasteiger partial charge in [-0.1, -0.05) is 76.2 Å². The third-order valence-electron chi connectivity index (χ3n) is 9.55. The van der Waals surface area contributed by atoms with Crippen molar-refractivity contribution in [2.45, 2.75) is 109 Å². The number of para-hydroxylation sites is 1. The molecule has 0 saturated carbocycles. The molecule has 4 rings (SSSR count). The van der Waals surface area contributed by atoms with E-state index in [4.69, 9.17) is 5.73 Å². The number of rotatable bonds is 11. The van der Waals surface area contributed by atoms with Crippen molar-refractivity contribution >= 4 is 46.3 Å². The van der Waals surface area contributed by atoms with Crippen molar-refractivity contribution in [3.8, 4) is 0 Å². The summed E-state index contributed by atoms with van der Waals surface area (Å²) in [5.41, 5.74) is 7.82. The second-order valence-electron chi connectivity index (χ2n) is 15.1. The number of H-pyrrole nitrogens is 1. The highest BCUT2D eigenvalue weighted by molar-refractivity contribution is 5.96. The van der Waals surface area contributed by atoms with E-state index in [0.29, 0.717) is 12.8 Å². The van der Waals surface area contributed by atoms with Crippen LogP contribution in [0.4, 0.5) is 0 Å². The zero-order valence-electron chi connectivity index (χ0n) is 31.9. The molecule has 2 aromatic carbocycles. The number of aromatic amines is 1. The average Bonchev–Trinajstić information content (AvgIpc) is 3.53. The molecule has 9 N–H and O–H groups in total. The van der Waals surface area contributed by atoms with Gasteiger partial charge in [0.05, 0.1) is 12.6 Å². The Morgan fingerprint density at radius 3 is 1.98 bits per heavy atom. The molecule has 6 amide bonds. The van der Waals surface area contributed by atoms with Crippen LogP contribution in [0, 0.1) is 11.8 Å². The van der Waals surface area contributed by atoms with Gasteiger partial charge in [-0.05, 0) is 55.2 Å². The smallest absolute Gasteiger partial charge is 0.243 e. The number of benzene rings is 2. The number of fused-ring (bicyclic) bond motifs is 1. The Labute approximate surface area is 316 Å². The molecule has 0 aliphatic carbocycles. The maximum absolute atomic E-state index is 14.3. The zero-order valence-corrected chi connectivity index (χ0v) is 31.9. The van der Waals surface area contributed by atoms with Gasteiger partial charge in [-0.15, -0.1) is 0 Å². The van der Waals surface area contributed by atoms with Crippen molar-refractivity contribution in [1.82, 2.24) is 36.9 Å². The molecule has 1 aliphatic heterocycles. The Kier molecular flexibility index (Phi) is 15.2. The molecule has 1 saturated heterocycles. The summed E-state index contributed by atoms with van der Waals surface area (Å²) in [7, 11) is 0. The van der Waals surface area contributed by atoms with Crippen LogP contribution in [0.5, 0.6) is 0 Å². The molecule has 54 heavy (non-hydrogen) atoms. The lowest BCUT2D eigenvalue weighted by Crippen LogP contribution is -2.61. The Hall–Kier alpha value is -5.24. The van der Waals surface area contributed by atoms with Gasteiger partial charge in [0.1, 0.15) is 18.1 Å². The first kappa shape index (κ1) is 41.5. The highest BCUT2D eigenvalue weighted by atomic mass is 16.2. The molecular weight excluding hydrogens is 688 g/mol. The van der Waals surface area contributed by atoms with Crippen LogP contribution in [-0.4, -0.2) is 83.2 Å². The summed E-state index contributed by atoms with van der Waals surface area (Å²) in [5.74, 6) is -3.19. The van der Waals surface area contributed by atoms with E-state index in [-0.39, 0.29) is 50.1 Å². The van der Waals surface area contributed by atoms with E-state index in [0.717, 1.165) is 22.0 Å². The number of carbonyl (C=O) groups excluding carboxylic acids is 6. The molecule has 14 heteroatoms. The molecule has 0 radical (unpaired) electrons. The number of primary amides is 1.